The molecule has 5 heteroatoms. The molecule has 0 aromatic heterocycles. The second-order valence-electron chi connectivity index (χ2n) is 5.67. The third kappa shape index (κ3) is 3.80. The van der Waals surface area contributed by atoms with Crippen LogP contribution < -0.4 is 0 Å². The summed E-state index contributed by atoms with van der Waals surface area (Å²) in [6.45, 7) is 4.77. The van der Waals surface area contributed by atoms with E-state index < -0.39 is 11.6 Å². The Labute approximate surface area is 135 Å². The Balaban J connectivity index is 2.17. The summed E-state index contributed by atoms with van der Waals surface area (Å²) in [5.41, 5.74) is 0.405. The van der Waals surface area contributed by atoms with E-state index in [4.69, 9.17) is 0 Å². The van der Waals surface area contributed by atoms with Crippen LogP contribution in [0.15, 0.2) is 18.2 Å². The fourth-order valence-corrected chi connectivity index (χ4v) is 4.13. The third-order valence-corrected chi connectivity index (χ3v) is 5.39. The van der Waals surface area contributed by atoms with Crippen molar-refractivity contribution in [3.05, 3.63) is 35.4 Å². The van der Waals surface area contributed by atoms with Gasteiger partial charge in [0.2, 0.25) is 5.91 Å². The number of carbonyl (C=O) groups is 1. The molecule has 2 nitrogen and oxygen atoms in total. The van der Waals surface area contributed by atoms with Gasteiger partial charge in [0.1, 0.15) is 17.0 Å². The predicted molar refractivity (Wildman–Crippen MR) is 86.6 cm³/mol. The average Bonchev–Trinajstić information content (AvgIpc) is 2.97. The summed E-state index contributed by atoms with van der Waals surface area (Å²) >= 11 is 1.55. The molecule has 22 heavy (non-hydrogen) atoms. The van der Waals surface area contributed by atoms with Crippen LogP contribution in [0, 0.1) is 17.6 Å². The molecule has 0 spiro atoms. The molecule has 2 rings (SSSR count). The first-order valence-corrected chi connectivity index (χ1v) is 9.00. The molecule has 0 bridgehead atoms. The van der Waals surface area contributed by atoms with Gasteiger partial charge in [0.05, 0.1) is 0 Å². The van der Waals surface area contributed by atoms with E-state index in [9.17, 15) is 13.6 Å². The van der Waals surface area contributed by atoms with Gasteiger partial charge in [-0.2, -0.15) is 0 Å². The Hall–Kier alpha value is -1.10. The quantitative estimate of drug-likeness (QED) is 0.751. The molecule has 1 heterocycles. The first-order chi connectivity index (χ1) is 10.6. The molecular formula is C17H23F2NOS. The molecule has 2 unspecified atom stereocenters. The summed E-state index contributed by atoms with van der Waals surface area (Å²) in [6.07, 6.45) is 3.78. The maximum absolute atomic E-state index is 14.0. The molecule has 122 valence electrons. The third-order valence-electron chi connectivity index (χ3n) is 4.15. The van der Waals surface area contributed by atoms with Gasteiger partial charge >= 0.3 is 0 Å². The lowest BCUT2D eigenvalue weighted by atomic mass is 9.97. The van der Waals surface area contributed by atoms with Crippen LogP contribution in [0.4, 0.5) is 8.78 Å². The van der Waals surface area contributed by atoms with Crippen LogP contribution in [0.3, 0.4) is 0 Å². The van der Waals surface area contributed by atoms with Crippen molar-refractivity contribution in [2.45, 2.75) is 44.9 Å². The van der Waals surface area contributed by atoms with Crippen molar-refractivity contribution in [2.24, 2.45) is 5.92 Å². The van der Waals surface area contributed by atoms with Crippen molar-refractivity contribution in [2.75, 3.05) is 12.3 Å². The zero-order valence-electron chi connectivity index (χ0n) is 13.1. The molecule has 1 aromatic carbocycles. The monoisotopic (exact) mass is 327 g/mol. The van der Waals surface area contributed by atoms with Crippen molar-refractivity contribution in [3.63, 3.8) is 0 Å². The molecule has 1 amide bonds. The minimum absolute atomic E-state index is 0.00431. The highest BCUT2D eigenvalue weighted by molar-refractivity contribution is 7.99. The van der Waals surface area contributed by atoms with E-state index in [1.807, 2.05) is 6.92 Å². The Morgan fingerprint density at radius 3 is 2.82 bits per heavy atom. The van der Waals surface area contributed by atoms with E-state index in [0.717, 1.165) is 37.5 Å². The maximum atomic E-state index is 14.0. The van der Waals surface area contributed by atoms with Crippen LogP contribution >= 0.6 is 11.8 Å². The number of amides is 1. The summed E-state index contributed by atoms with van der Waals surface area (Å²) in [4.78, 5) is 14.5. The summed E-state index contributed by atoms with van der Waals surface area (Å²) in [7, 11) is 0. The van der Waals surface area contributed by atoms with Crippen molar-refractivity contribution in [1.29, 1.82) is 0 Å². The highest BCUT2D eigenvalue weighted by Crippen LogP contribution is 2.40. The Morgan fingerprint density at radius 2 is 2.18 bits per heavy atom. The standard InChI is InChI=1S/C17H23F2NOS/c1-3-5-6-12(4-2)16(21)20-9-10-22-17(20)14-8-7-13(18)11-15(14)19/h7-8,11-12,17H,3-6,9-10H2,1-2H3. The SMILES string of the molecule is CCCCC(CC)C(=O)N1CCSC1c1ccc(F)cc1F. The first kappa shape index (κ1) is 17.3. The molecule has 1 aliphatic heterocycles. The lowest BCUT2D eigenvalue weighted by molar-refractivity contribution is -0.136. The van der Waals surface area contributed by atoms with Crippen LogP contribution in [-0.4, -0.2) is 23.1 Å². The zero-order valence-corrected chi connectivity index (χ0v) is 14.0. The fraction of sp³-hybridized carbons (Fsp3) is 0.588. The number of thioether (sulfide) groups is 1. The average molecular weight is 327 g/mol. The lowest BCUT2D eigenvalue weighted by Gasteiger charge is -2.28. The van der Waals surface area contributed by atoms with Gasteiger partial charge < -0.3 is 4.90 Å². The van der Waals surface area contributed by atoms with Gasteiger partial charge in [-0.3, -0.25) is 4.79 Å². The van der Waals surface area contributed by atoms with Crippen LogP contribution in [0.25, 0.3) is 0 Å². The smallest absolute Gasteiger partial charge is 0.226 e. The van der Waals surface area contributed by atoms with Gasteiger partial charge in [0, 0.05) is 29.8 Å². The number of carbonyl (C=O) groups excluding carboxylic acids is 1. The Kier molecular flexibility index (Phi) is 6.24. The number of nitrogens with zero attached hydrogens (tertiary/aromatic N) is 1. The lowest BCUT2D eigenvalue weighted by Crippen LogP contribution is -2.35. The van der Waals surface area contributed by atoms with Gasteiger partial charge in [0.25, 0.3) is 0 Å². The predicted octanol–water partition coefficient (Wildman–Crippen LogP) is 4.76. The van der Waals surface area contributed by atoms with Gasteiger partial charge in [-0.1, -0.05) is 32.8 Å². The number of hydrogen-bond donors (Lipinski definition) is 0. The number of halogens is 2. The summed E-state index contributed by atoms with van der Waals surface area (Å²) < 4.78 is 27.1. The molecule has 1 saturated heterocycles. The van der Waals surface area contributed by atoms with Gasteiger partial charge in [-0.25, -0.2) is 8.78 Å². The van der Waals surface area contributed by atoms with Crippen LogP contribution in [0.2, 0.25) is 0 Å². The van der Waals surface area contributed by atoms with E-state index in [1.165, 1.54) is 12.1 Å². The summed E-state index contributed by atoms with van der Waals surface area (Å²) in [6, 6.07) is 3.61. The second kappa shape index (κ2) is 7.95. The molecule has 0 saturated carbocycles. The molecule has 1 aliphatic rings. The zero-order chi connectivity index (χ0) is 16.1. The molecule has 0 aliphatic carbocycles. The minimum atomic E-state index is -0.587. The van der Waals surface area contributed by atoms with E-state index in [2.05, 4.69) is 6.92 Å². The Morgan fingerprint density at radius 1 is 1.41 bits per heavy atom. The molecule has 0 radical (unpaired) electrons. The molecular weight excluding hydrogens is 304 g/mol. The second-order valence-corrected chi connectivity index (χ2v) is 6.86. The maximum Gasteiger partial charge on any atom is 0.226 e. The van der Waals surface area contributed by atoms with Crippen molar-refractivity contribution in [3.8, 4) is 0 Å². The first-order valence-electron chi connectivity index (χ1n) is 7.95. The number of hydrogen-bond acceptors (Lipinski definition) is 2. The highest BCUT2D eigenvalue weighted by atomic mass is 32.2. The van der Waals surface area contributed by atoms with Crippen LogP contribution in [0.5, 0.6) is 0 Å². The summed E-state index contributed by atoms with van der Waals surface area (Å²) in [5, 5.41) is -0.330. The largest absolute Gasteiger partial charge is 0.325 e. The minimum Gasteiger partial charge on any atom is -0.325 e. The highest BCUT2D eigenvalue weighted by Gasteiger charge is 2.35. The summed E-state index contributed by atoms with van der Waals surface area (Å²) in [5.74, 6) is -0.258. The van der Waals surface area contributed by atoms with Crippen molar-refractivity contribution in [1.82, 2.24) is 4.90 Å². The number of unbranched alkanes of at least 4 members (excludes halogenated alkanes) is 1. The normalized spacial score (nSPS) is 19.5. The van der Waals surface area contributed by atoms with E-state index in [1.54, 1.807) is 16.7 Å². The van der Waals surface area contributed by atoms with E-state index >= 15 is 0 Å². The fourth-order valence-electron chi connectivity index (χ4n) is 2.84. The van der Waals surface area contributed by atoms with Crippen molar-refractivity contribution >= 4 is 17.7 Å². The van der Waals surface area contributed by atoms with E-state index in [0.29, 0.717) is 12.1 Å². The molecule has 1 fully saturated rings. The molecule has 2 atom stereocenters. The van der Waals surface area contributed by atoms with Crippen LogP contribution in [-0.2, 0) is 4.79 Å². The molecule has 1 aromatic rings. The van der Waals surface area contributed by atoms with Crippen LogP contribution in [0.1, 0.15) is 50.5 Å². The van der Waals surface area contributed by atoms with Gasteiger partial charge in [-0.15, -0.1) is 11.8 Å². The van der Waals surface area contributed by atoms with Gasteiger partial charge in [0.15, 0.2) is 0 Å². The van der Waals surface area contributed by atoms with Gasteiger partial charge in [-0.05, 0) is 18.9 Å². The topological polar surface area (TPSA) is 20.3 Å². The molecule has 0 N–H and O–H groups in total. The number of benzene rings is 1. The van der Waals surface area contributed by atoms with Crippen molar-refractivity contribution < 1.29 is 13.6 Å². The van der Waals surface area contributed by atoms with E-state index in [-0.39, 0.29) is 17.2 Å². The Bertz CT molecular complexity index is 523. The number of rotatable bonds is 6.